The molecule has 0 unspecified atom stereocenters. The second kappa shape index (κ2) is 7.58. The molecule has 0 N–H and O–H groups in total. The summed E-state index contributed by atoms with van der Waals surface area (Å²) in [7, 11) is 0. The molecule has 0 amide bonds. The Kier molecular flexibility index (Phi) is 5.76. The number of esters is 1. The predicted molar refractivity (Wildman–Crippen MR) is 75.5 cm³/mol. The van der Waals surface area contributed by atoms with Gasteiger partial charge in [0.1, 0.15) is 0 Å². The highest BCUT2D eigenvalue weighted by Crippen LogP contribution is 2.41. The van der Waals surface area contributed by atoms with Crippen molar-refractivity contribution in [1.29, 1.82) is 0 Å². The minimum absolute atomic E-state index is 0.231. The highest BCUT2D eigenvalue weighted by molar-refractivity contribution is 7.07. The standard InChI is InChI=1S/C14H22N2O2S/c1-2-3-4-5-6-7-10-18-14(17)13-12(11-8-9-11)15-16-19-13/h11H,2-10H2,1H3. The molecule has 0 spiro atoms. The van der Waals surface area contributed by atoms with Gasteiger partial charge in [0.05, 0.1) is 12.3 Å². The van der Waals surface area contributed by atoms with Crippen molar-refractivity contribution in [3.05, 3.63) is 10.6 Å². The Labute approximate surface area is 118 Å². The number of carbonyl (C=O) groups is 1. The van der Waals surface area contributed by atoms with Crippen molar-refractivity contribution in [1.82, 2.24) is 9.59 Å². The van der Waals surface area contributed by atoms with Crippen LogP contribution in [0.4, 0.5) is 0 Å². The van der Waals surface area contributed by atoms with Gasteiger partial charge in [-0.2, -0.15) is 0 Å². The number of rotatable bonds is 9. The van der Waals surface area contributed by atoms with Crippen molar-refractivity contribution in [2.24, 2.45) is 0 Å². The topological polar surface area (TPSA) is 52.1 Å². The number of hydrogen-bond donors (Lipinski definition) is 0. The Bertz CT molecular complexity index is 402. The van der Waals surface area contributed by atoms with Gasteiger partial charge in [-0.3, -0.25) is 0 Å². The molecule has 0 aromatic carbocycles. The van der Waals surface area contributed by atoms with Crippen LogP contribution in [0.3, 0.4) is 0 Å². The summed E-state index contributed by atoms with van der Waals surface area (Å²) >= 11 is 1.17. The number of aromatic nitrogens is 2. The summed E-state index contributed by atoms with van der Waals surface area (Å²) in [6.45, 7) is 2.73. The molecule has 5 heteroatoms. The monoisotopic (exact) mass is 282 g/mol. The number of unbranched alkanes of at least 4 members (excludes halogenated alkanes) is 5. The van der Waals surface area contributed by atoms with Crippen molar-refractivity contribution in [3.8, 4) is 0 Å². The van der Waals surface area contributed by atoms with E-state index in [2.05, 4.69) is 16.5 Å². The lowest BCUT2D eigenvalue weighted by atomic mass is 10.1. The van der Waals surface area contributed by atoms with Crippen molar-refractivity contribution in [2.45, 2.75) is 64.2 Å². The highest BCUT2D eigenvalue weighted by Gasteiger charge is 2.32. The van der Waals surface area contributed by atoms with Crippen molar-refractivity contribution < 1.29 is 9.53 Å². The molecule has 1 saturated carbocycles. The van der Waals surface area contributed by atoms with Crippen LogP contribution in [0.25, 0.3) is 0 Å². The van der Waals surface area contributed by atoms with E-state index in [0.29, 0.717) is 17.4 Å². The SMILES string of the molecule is CCCCCCCCOC(=O)c1snnc1C1CC1. The maximum absolute atomic E-state index is 11.9. The third-order valence-electron chi connectivity index (χ3n) is 3.39. The van der Waals surface area contributed by atoms with Gasteiger partial charge in [-0.1, -0.05) is 43.5 Å². The van der Waals surface area contributed by atoms with E-state index >= 15 is 0 Å². The second-order valence-corrected chi connectivity index (χ2v) is 5.92. The number of carbonyl (C=O) groups excluding carboxylic acids is 1. The maximum atomic E-state index is 11.9. The first kappa shape index (κ1) is 14.4. The maximum Gasteiger partial charge on any atom is 0.351 e. The Morgan fingerprint density at radius 1 is 1.26 bits per heavy atom. The van der Waals surface area contributed by atoms with E-state index in [4.69, 9.17) is 4.74 Å². The van der Waals surface area contributed by atoms with Gasteiger partial charge in [0.2, 0.25) is 0 Å². The van der Waals surface area contributed by atoms with E-state index in [0.717, 1.165) is 31.4 Å². The summed E-state index contributed by atoms with van der Waals surface area (Å²) in [5.41, 5.74) is 0.859. The van der Waals surface area contributed by atoms with Gasteiger partial charge in [-0.05, 0) is 30.8 Å². The van der Waals surface area contributed by atoms with Crippen molar-refractivity contribution >= 4 is 17.5 Å². The first-order chi connectivity index (χ1) is 9.33. The van der Waals surface area contributed by atoms with Gasteiger partial charge < -0.3 is 4.74 Å². The average Bonchev–Trinajstić information content (AvgIpc) is 3.15. The molecule has 1 fully saturated rings. The van der Waals surface area contributed by atoms with E-state index in [-0.39, 0.29) is 5.97 Å². The molecule has 0 atom stereocenters. The van der Waals surface area contributed by atoms with Gasteiger partial charge in [0, 0.05) is 5.92 Å². The molecule has 1 aromatic heterocycles. The summed E-state index contributed by atoms with van der Waals surface area (Å²) in [6, 6.07) is 0. The van der Waals surface area contributed by atoms with E-state index in [1.165, 1.54) is 37.2 Å². The summed E-state index contributed by atoms with van der Waals surface area (Å²) in [4.78, 5) is 12.5. The molecule has 106 valence electrons. The van der Waals surface area contributed by atoms with Gasteiger partial charge in [-0.25, -0.2) is 4.79 Å². The normalized spacial score (nSPS) is 14.6. The number of hydrogen-bond acceptors (Lipinski definition) is 5. The summed E-state index contributed by atoms with van der Waals surface area (Å²) in [6.07, 6.45) is 9.45. The summed E-state index contributed by atoms with van der Waals surface area (Å²) in [5, 5.41) is 4.05. The predicted octanol–water partition coefficient (Wildman–Crippen LogP) is 3.93. The van der Waals surface area contributed by atoms with Gasteiger partial charge >= 0.3 is 5.97 Å². The largest absolute Gasteiger partial charge is 0.461 e. The van der Waals surface area contributed by atoms with Crippen LogP contribution in [0.2, 0.25) is 0 Å². The lowest BCUT2D eigenvalue weighted by molar-refractivity contribution is 0.0502. The van der Waals surface area contributed by atoms with Crippen molar-refractivity contribution in [3.63, 3.8) is 0 Å². The molecule has 1 heterocycles. The molecule has 19 heavy (non-hydrogen) atoms. The van der Waals surface area contributed by atoms with Crippen LogP contribution in [0.15, 0.2) is 0 Å². The fourth-order valence-electron chi connectivity index (χ4n) is 2.08. The van der Waals surface area contributed by atoms with Gasteiger partial charge in [0.15, 0.2) is 4.88 Å². The Balaban J connectivity index is 1.63. The second-order valence-electron chi connectivity index (χ2n) is 5.17. The molecule has 1 aliphatic rings. The van der Waals surface area contributed by atoms with Crippen LogP contribution in [-0.4, -0.2) is 22.2 Å². The van der Waals surface area contributed by atoms with E-state index in [9.17, 15) is 4.79 Å². The highest BCUT2D eigenvalue weighted by atomic mass is 32.1. The zero-order chi connectivity index (χ0) is 13.5. The third kappa shape index (κ3) is 4.56. The smallest absolute Gasteiger partial charge is 0.351 e. The minimum Gasteiger partial charge on any atom is -0.461 e. The molecule has 0 bridgehead atoms. The Morgan fingerprint density at radius 2 is 2.00 bits per heavy atom. The number of ether oxygens (including phenoxy) is 1. The van der Waals surface area contributed by atoms with Crippen LogP contribution >= 0.6 is 11.5 Å². The molecule has 2 rings (SSSR count). The molecule has 0 aliphatic heterocycles. The average molecular weight is 282 g/mol. The molecule has 0 saturated heterocycles. The van der Waals surface area contributed by atoms with Gasteiger partial charge in [-0.15, -0.1) is 5.10 Å². The van der Waals surface area contributed by atoms with Crippen LogP contribution < -0.4 is 0 Å². The van der Waals surface area contributed by atoms with E-state index < -0.39 is 0 Å². The van der Waals surface area contributed by atoms with E-state index in [1.54, 1.807) is 0 Å². The zero-order valence-electron chi connectivity index (χ0n) is 11.6. The van der Waals surface area contributed by atoms with Crippen LogP contribution in [0.5, 0.6) is 0 Å². The minimum atomic E-state index is -0.231. The van der Waals surface area contributed by atoms with Crippen LogP contribution in [-0.2, 0) is 4.74 Å². The lowest BCUT2D eigenvalue weighted by Gasteiger charge is -2.04. The van der Waals surface area contributed by atoms with Crippen LogP contribution in [0, 0.1) is 0 Å². The third-order valence-corrected chi connectivity index (χ3v) is 4.12. The Morgan fingerprint density at radius 3 is 2.74 bits per heavy atom. The summed E-state index contributed by atoms with van der Waals surface area (Å²) < 4.78 is 9.18. The molecular formula is C14H22N2O2S. The lowest BCUT2D eigenvalue weighted by Crippen LogP contribution is -2.07. The Hall–Kier alpha value is -0.970. The molecule has 1 aliphatic carbocycles. The number of nitrogens with zero attached hydrogens (tertiary/aromatic N) is 2. The van der Waals surface area contributed by atoms with Crippen LogP contribution in [0.1, 0.15) is 79.6 Å². The molecule has 1 aromatic rings. The quantitative estimate of drug-likeness (QED) is 0.508. The molecular weight excluding hydrogens is 260 g/mol. The summed E-state index contributed by atoms with van der Waals surface area (Å²) in [5.74, 6) is 0.223. The fraction of sp³-hybridized carbons (Fsp3) is 0.786. The van der Waals surface area contributed by atoms with Gasteiger partial charge in [0.25, 0.3) is 0 Å². The zero-order valence-corrected chi connectivity index (χ0v) is 12.4. The molecule has 0 radical (unpaired) electrons. The van der Waals surface area contributed by atoms with E-state index in [1.807, 2.05) is 0 Å². The van der Waals surface area contributed by atoms with Crippen molar-refractivity contribution in [2.75, 3.05) is 6.61 Å². The fourth-order valence-corrected chi connectivity index (χ4v) is 2.72. The first-order valence-corrected chi connectivity index (χ1v) is 8.09. The molecule has 4 nitrogen and oxygen atoms in total. The first-order valence-electron chi connectivity index (χ1n) is 7.32.